The molecule has 1 amide bonds. The molecule has 0 atom stereocenters. The smallest absolute Gasteiger partial charge is 0.292 e. The van der Waals surface area contributed by atoms with Crippen LogP contribution >= 0.6 is 0 Å². The van der Waals surface area contributed by atoms with E-state index in [1.165, 1.54) is 44.5 Å². The molecule has 0 heterocycles. The predicted octanol–water partition coefficient (Wildman–Crippen LogP) is 2.56. The van der Waals surface area contributed by atoms with Crippen molar-refractivity contribution in [1.29, 1.82) is 0 Å². The van der Waals surface area contributed by atoms with Crippen molar-refractivity contribution in [2.75, 3.05) is 18.9 Å². The van der Waals surface area contributed by atoms with Crippen LogP contribution in [0.1, 0.15) is 36.0 Å². The van der Waals surface area contributed by atoms with E-state index in [0.29, 0.717) is 17.8 Å². The lowest BCUT2D eigenvalue weighted by molar-refractivity contribution is -0.384. The molecule has 0 aliphatic heterocycles. The van der Waals surface area contributed by atoms with Crippen LogP contribution < -0.4 is 10.6 Å². The molecular formula is C14H19N3O3. The van der Waals surface area contributed by atoms with Crippen LogP contribution in [0.15, 0.2) is 18.2 Å². The third-order valence-electron chi connectivity index (χ3n) is 3.78. The molecule has 0 spiro atoms. The number of rotatable bonds is 6. The first-order valence-electron chi connectivity index (χ1n) is 6.86. The Labute approximate surface area is 117 Å². The van der Waals surface area contributed by atoms with Gasteiger partial charge in [0.2, 0.25) is 0 Å². The summed E-state index contributed by atoms with van der Waals surface area (Å²) in [6.45, 7) is 0.697. The second kappa shape index (κ2) is 6.36. The number of hydrogen-bond donors (Lipinski definition) is 2. The van der Waals surface area contributed by atoms with E-state index in [1.54, 1.807) is 0 Å². The van der Waals surface area contributed by atoms with E-state index < -0.39 is 4.92 Å². The fourth-order valence-corrected chi connectivity index (χ4v) is 2.31. The van der Waals surface area contributed by atoms with Crippen molar-refractivity contribution >= 4 is 17.3 Å². The maximum Gasteiger partial charge on any atom is 0.292 e. The molecular weight excluding hydrogens is 258 g/mol. The number of amides is 1. The summed E-state index contributed by atoms with van der Waals surface area (Å²) in [5.41, 5.74) is 0.839. The summed E-state index contributed by atoms with van der Waals surface area (Å²) in [6, 6.07) is 4.38. The lowest BCUT2D eigenvalue weighted by Crippen LogP contribution is -2.19. The van der Waals surface area contributed by atoms with Gasteiger partial charge >= 0.3 is 0 Å². The molecule has 0 radical (unpaired) electrons. The van der Waals surface area contributed by atoms with Crippen LogP contribution in [0.2, 0.25) is 0 Å². The highest BCUT2D eigenvalue weighted by atomic mass is 16.6. The summed E-state index contributed by atoms with van der Waals surface area (Å²) in [7, 11) is 1.54. The Hall–Kier alpha value is -2.11. The second-order valence-corrected chi connectivity index (χ2v) is 5.08. The van der Waals surface area contributed by atoms with Gasteiger partial charge in [0.1, 0.15) is 5.69 Å². The molecule has 2 N–H and O–H groups in total. The van der Waals surface area contributed by atoms with Crippen molar-refractivity contribution in [3.8, 4) is 0 Å². The number of nitrogens with zero attached hydrogens (tertiary/aromatic N) is 1. The van der Waals surface area contributed by atoms with E-state index in [9.17, 15) is 14.9 Å². The highest BCUT2D eigenvalue weighted by molar-refractivity contribution is 5.95. The van der Waals surface area contributed by atoms with Gasteiger partial charge in [-0.15, -0.1) is 0 Å². The van der Waals surface area contributed by atoms with Crippen LogP contribution in [0.3, 0.4) is 0 Å². The number of carbonyl (C=O) groups is 1. The highest BCUT2D eigenvalue weighted by Crippen LogP contribution is 2.30. The molecule has 0 saturated heterocycles. The molecule has 1 aliphatic carbocycles. The van der Waals surface area contributed by atoms with Crippen LogP contribution in [0.4, 0.5) is 11.4 Å². The zero-order chi connectivity index (χ0) is 14.5. The van der Waals surface area contributed by atoms with E-state index >= 15 is 0 Å². The van der Waals surface area contributed by atoms with Crippen molar-refractivity contribution in [2.24, 2.45) is 5.92 Å². The lowest BCUT2D eigenvalue weighted by Gasteiger charge is -2.25. The summed E-state index contributed by atoms with van der Waals surface area (Å²) >= 11 is 0. The van der Waals surface area contributed by atoms with Gasteiger partial charge < -0.3 is 10.6 Å². The Kier molecular flexibility index (Phi) is 4.55. The number of nitro benzene ring substituents is 1. The number of nitro groups is 1. The number of benzene rings is 1. The van der Waals surface area contributed by atoms with Gasteiger partial charge in [-0.2, -0.15) is 0 Å². The van der Waals surface area contributed by atoms with E-state index in [-0.39, 0.29) is 11.6 Å². The van der Waals surface area contributed by atoms with Crippen molar-refractivity contribution in [2.45, 2.75) is 25.7 Å². The van der Waals surface area contributed by atoms with Crippen molar-refractivity contribution in [3.05, 3.63) is 33.9 Å². The molecule has 6 nitrogen and oxygen atoms in total. The average molecular weight is 277 g/mol. The Balaban J connectivity index is 2.08. The molecule has 0 unspecified atom stereocenters. The molecule has 1 aliphatic rings. The van der Waals surface area contributed by atoms with Crippen LogP contribution in [-0.4, -0.2) is 24.4 Å². The summed E-state index contributed by atoms with van der Waals surface area (Å²) < 4.78 is 0. The third-order valence-corrected chi connectivity index (χ3v) is 3.78. The van der Waals surface area contributed by atoms with Crippen LogP contribution in [0.25, 0.3) is 0 Å². The SMILES string of the molecule is CNC(=O)c1ccc([N+](=O)[O-])c(NCCC2CCC2)c1. The Morgan fingerprint density at radius 2 is 2.20 bits per heavy atom. The van der Waals surface area contributed by atoms with Gasteiger partial charge in [-0.05, 0) is 24.5 Å². The maximum absolute atomic E-state index is 11.6. The zero-order valence-corrected chi connectivity index (χ0v) is 11.5. The van der Waals surface area contributed by atoms with E-state index in [0.717, 1.165) is 12.3 Å². The number of carbonyl (C=O) groups excluding carboxylic acids is 1. The molecule has 0 aromatic heterocycles. The second-order valence-electron chi connectivity index (χ2n) is 5.08. The number of nitrogens with one attached hydrogen (secondary N) is 2. The van der Waals surface area contributed by atoms with Crippen molar-refractivity contribution < 1.29 is 9.72 Å². The largest absolute Gasteiger partial charge is 0.379 e. The first-order valence-corrected chi connectivity index (χ1v) is 6.86. The van der Waals surface area contributed by atoms with Gasteiger partial charge in [-0.1, -0.05) is 19.3 Å². The fourth-order valence-electron chi connectivity index (χ4n) is 2.31. The molecule has 2 rings (SSSR count). The summed E-state index contributed by atoms with van der Waals surface area (Å²) in [5, 5.41) is 16.6. The monoisotopic (exact) mass is 277 g/mol. The normalized spacial score (nSPS) is 14.4. The molecule has 1 aromatic rings. The Morgan fingerprint density at radius 3 is 2.75 bits per heavy atom. The maximum atomic E-state index is 11.6. The minimum absolute atomic E-state index is 0.00580. The molecule has 1 saturated carbocycles. The Morgan fingerprint density at radius 1 is 1.45 bits per heavy atom. The predicted molar refractivity (Wildman–Crippen MR) is 76.9 cm³/mol. The summed E-state index contributed by atoms with van der Waals surface area (Å²) in [5.74, 6) is 0.491. The van der Waals surface area contributed by atoms with Crippen LogP contribution in [-0.2, 0) is 0 Å². The first kappa shape index (κ1) is 14.3. The molecule has 6 heteroatoms. The van der Waals surface area contributed by atoms with Gasteiger partial charge in [0.05, 0.1) is 4.92 Å². The van der Waals surface area contributed by atoms with Gasteiger partial charge in [0.15, 0.2) is 0 Å². The standard InChI is InChI=1S/C14H19N3O3/c1-15-14(18)11-5-6-13(17(19)20)12(9-11)16-8-7-10-3-2-4-10/h5-6,9-10,16H,2-4,7-8H2,1H3,(H,15,18). The molecule has 1 aromatic carbocycles. The quantitative estimate of drug-likeness (QED) is 0.618. The van der Waals surface area contributed by atoms with Crippen LogP contribution in [0.5, 0.6) is 0 Å². The molecule has 108 valence electrons. The fraction of sp³-hybridized carbons (Fsp3) is 0.500. The van der Waals surface area contributed by atoms with E-state index in [2.05, 4.69) is 10.6 Å². The van der Waals surface area contributed by atoms with Gasteiger partial charge in [0, 0.05) is 25.2 Å². The lowest BCUT2D eigenvalue weighted by atomic mass is 9.83. The van der Waals surface area contributed by atoms with Gasteiger partial charge in [-0.25, -0.2) is 0 Å². The number of hydrogen-bond acceptors (Lipinski definition) is 4. The first-order chi connectivity index (χ1) is 9.61. The summed E-state index contributed by atoms with van der Waals surface area (Å²) in [4.78, 5) is 22.1. The van der Waals surface area contributed by atoms with Gasteiger partial charge in [-0.3, -0.25) is 14.9 Å². The van der Waals surface area contributed by atoms with E-state index in [4.69, 9.17) is 0 Å². The molecule has 20 heavy (non-hydrogen) atoms. The highest BCUT2D eigenvalue weighted by Gasteiger charge is 2.19. The van der Waals surface area contributed by atoms with Crippen molar-refractivity contribution in [3.63, 3.8) is 0 Å². The number of anilines is 1. The zero-order valence-electron chi connectivity index (χ0n) is 11.5. The Bertz CT molecular complexity index is 512. The van der Waals surface area contributed by atoms with Crippen LogP contribution in [0, 0.1) is 16.0 Å². The molecule has 1 fully saturated rings. The van der Waals surface area contributed by atoms with Gasteiger partial charge in [0.25, 0.3) is 11.6 Å². The third kappa shape index (κ3) is 3.26. The molecule has 0 bridgehead atoms. The summed E-state index contributed by atoms with van der Waals surface area (Å²) in [6.07, 6.45) is 4.81. The average Bonchev–Trinajstić information content (AvgIpc) is 2.40. The minimum atomic E-state index is -0.431. The van der Waals surface area contributed by atoms with E-state index in [1.807, 2.05) is 0 Å². The topological polar surface area (TPSA) is 84.3 Å². The minimum Gasteiger partial charge on any atom is -0.379 e. The van der Waals surface area contributed by atoms with Crippen molar-refractivity contribution in [1.82, 2.24) is 5.32 Å².